The highest BCUT2D eigenvalue weighted by Crippen LogP contribution is 2.44. The van der Waals surface area contributed by atoms with Gasteiger partial charge in [0, 0.05) is 35.2 Å². The first kappa shape index (κ1) is 28.5. The van der Waals surface area contributed by atoms with Crippen LogP contribution in [0.25, 0.3) is 72.7 Å². The minimum Gasteiger partial charge on any atom is -0.507 e. The summed E-state index contributed by atoms with van der Waals surface area (Å²) in [5.74, 6) is 0.532. The van der Waals surface area contributed by atoms with Gasteiger partial charge in [0.2, 0.25) is 0 Å². The Bertz CT molecular complexity index is 3700. The average Bonchev–Trinajstić information content (AvgIpc) is 3.76. The Morgan fingerprint density at radius 3 is 1.94 bits per heavy atom. The van der Waals surface area contributed by atoms with Crippen LogP contribution >= 0.6 is 0 Å². The number of benzene rings is 6. The SMILES string of the molecule is [2H]c1nc(-c2cc(-c3cccc4c3nc(-c3cc(C(C)(C)C)cc(C)c3O)n4-c3ccc(C(C)(C)CC)cc3-c3ccccc3)cc(C(C)(C)C)c2)c([2H])c(-c2c([2H])c([2H])c(C(C([2H])([2H])[2H])(C([2H])([2H])[2H])C([2H])([2H])[2H])c([2H])c2[2H])c1[2H]. The van der Waals surface area contributed by atoms with E-state index in [0.717, 1.165) is 39.9 Å². The third-order valence-corrected chi connectivity index (χ3v) is 12.3. The molecule has 0 amide bonds. The van der Waals surface area contributed by atoms with Crippen LogP contribution in [0, 0.1) is 6.92 Å². The highest BCUT2D eigenvalue weighted by Gasteiger charge is 2.27. The number of aromatic hydroxyl groups is 1. The fraction of sp³-hybridized carbons (Fsp3) is 0.300. The summed E-state index contributed by atoms with van der Waals surface area (Å²) in [4.78, 5) is 9.92. The molecule has 2 heterocycles. The highest BCUT2D eigenvalue weighted by atomic mass is 16.3. The van der Waals surface area contributed by atoms with Gasteiger partial charge in [-0.2, -0.15) is 0 Å². The number of phenolic OH excluding ortho intramolecular Hbond substituents is 1. The first-order valence-corrected chi connectivity index (χ1v) is 21.6. The van der Waals surface area contributed by atoms with Gasteiger partial charge >= 0.3 is 0 Å². The Balaban J connectivity index is 1.45. The molecule has 0 aliphatic carbocycles. The van der Waals surface area contributed by atoms with Crippen LogP contribution in [0.2, 0.25) is 0 Å². The summed E-state index contributed by atoms with van der Waals surface area (Å²) in [5, 5.41) is 12.1. The van der Waals surface area contributed by atoms with Gasteiger partial charge in [0.25, 0.3) is 0 Å². The molecule has 2 aromatic heterocycles. The molecule has 0 atom stereocenters. The lowest BCUT2D eigenvalue weighted by Gasteiger charge is -2.26. The monoisotopic (exact) mass is 860 g/mol. The van der Waals surface area contributed by atoms with E-state index in [-0.39, 0.29) is 27.8 Å². The molecular weight excluding hydrogens is 779 g/mol. The fourth-order valence-corrected chi connectivity index (χ4v) is 7.90. The Morgan fingerprint density at radius 2 is 1.27 bits per heavy atom. The lowest BCUT2D eigenvalue weighted by atomic mass is 9.81. The maximum atomic E-state index is 12.1. The van der Waals surface area contributed by atoms with E-state index in [9.17, 15) is 9.22 Å². The number of phenols is 1. The van der Waals surface area contributed by atoms with Crippen LogP contribution in [0.3, 0.4) is 0 Å². The zero-order valence-electron chi connectivity index (χ0n) is 54.2. The Kier molecular flexibility index (Phi) is 7.30. The quantitative estimate of drug-likeness (QED) is 0.166. The van der Waals surface area contributed by atoms with Gasteiger partial charge in [0.05, 0.1) is 37.6 Å². The van der Waals surface area contributed by atoms with Gasteiger partial charge in [0.1, 0.15) is 11.6 Å². The summed E-state index contributed by atoms with van der Waals surface area (Å²) in [6.07, 6.45) is 0.164. The maximum absolute atomic E-state index is 12.1. The molecule has 0 aliphatic heterocycles. The average molecular weight is 860 g/mol. The van der Waals surface area contributed by atoms with Crippen molar-refractivity contribution in [2.75, 3.05) is 0 Å². The van der Waals surface area contributed by atoms with Crippen molar-refractivity contribution in [1.29, 1.82) is 0 Å². The molecule has 0 fully saturated rings. The molecule has 8 rings (SSSR count). The van der Waals surface area contributed by atoms with Crippen molar-refractivity contribution in [1.82, 2.24) is 14.5 Å². The minimum absolute atomic E-state index is 0.0644. The van der Waals surface area contributed by atoms with Gasteiger partial charge < -0.3 is 5.11 Å². The number of hydrogen-bond acceptors (Lipinski definition) is 3. The van der Waals surface area contributed by atoms with Crippen molar-refractivity contribution < 1.29 is 27.0 Å². The van der Waals surface area contributed by atoms with Gasteiger partial charge in [-0.25, -0.2) is 4.98 Å². The van der Waals surface area contributed by atoms with Crippen LogP contribution in [0.15, 0.2) is 139 Å². The lowest BCUT2D eigenvalue weighted by molar-refractivity contribution is 0.471. The predicted octanol–water partition coefficient (Wildman–Crippen LogP) is 16.3. The van der Waals surface area contributed by atoms with E-state index in [0.29, 0.717) is 39.1 Å². The molecule has 0 spiro atoms. The fourth-order valence-electron chi connectivity index (χ4n) is 7.90. The molecule has 4 nitrogen and oxygen atoms in total. The Labute approximate surface area is 404 Å². The summed E-state index contributed by atoms with van der Waals surface area (Å²) in [5.41, 5.74) is 1.57. The van der Waals surface area contributed by atoms with Crippen LogP contribution in [0.1, 0.15) is 139 Å². The molecular formula is C60H65N3O. The zero-order chi connectivity index (χ0) is 59.5. The first-order valence-electron chi connectivity index (χ1n) is 29.6. The molecule has 8 aromatic rings. The molecule has 0 saturated heterocycles. The molecule has 0 saturated carbocycles. The number of rotatable bonds is 8. The van der Waals surface area contributed by atoms with Crippen molar-refractivity contribution in [3.8, 4) is 67.5 Å². The number of fused-ring (bicyclic) bond motifs is 1. The second-order valence-electron chi connectivity index (χ2n) is 19.5. The van der Waals surface area contributed by atoms with Crippen LogP contribution < -0.4 is 0 Å². The molecule has 4 heteroatoms. The zero-order valence-corrected chi connectivity index (χ0v) is 38.2. The Hall–Kier alpha value is -6.26. The van der Waals surface area contributed by atoms with Crippen LogP contribution in [-0.4, -0.2) is 19.6 Å². The summed E-state index contributed by atoms with van der Waals surface area (Å²) in [6, 6.07) is 25.6. The van der Waals surface area contributed by atoms with E-state index in [1.165, 1.54) is 0 Å². The number of hydrogen-bond donors (Lipinski definition) is 1. The summed E-state index contributed by atoms with van der Waals surface area (Å²) >= 11 is 0. The number of imidazole rings is 1. The van der Waals surface area contributed by atoms with E-state index in [4.69, 9.17) is 22.8 Å². The largest absolute Gasteiger partial charge is 0.507 e. The molecule has 0 bridgehead atoms. The predicted molar refractivity (Wildman–Crippen MR) is 272 cm³/mol. The highest BCUT2D eigenvalue weighted by molar-refractivity contribution is 5.98. The standard InChI is InChI=1S/C60H65N3O/c1-14-60(12,13)45-27-28-52(49(36-45)40-19-16-15-17-20-40)63-53-22-18-21-48(54(53)62-56(63)50-37-46(58(6,7)8)31-38(2)55(50)64)42-32-43(34-47(33-42)59(9,10)11)51-35-41(29-30-61-51)39-23-25-44(26-24-39)57(3,4)5/h15-37,64H,14H2,1-13H3/i3D3,4D3,5D3,23D,24D,25D,26D,29D,30D,35D. The molecule has 0 aliphatic rings. The summed E-state index contributed by atoms with van der Waals surface area (Å²) in [6.45, 7) is 8.97. The van der Waals surface area contributed by atoms with Gasteiger partial charge in [-0.15, -0.1) is 0 Å². The van der Waals surface area contributed by atoms with Crippen molar-refractivity contribution in [2.24, 2.45) is 0 Å². The van der Waals surface area contributed by atoms with E-state index >= 15 is 0 Å². The van der Waals surface area contributed by atoms with E-state index in [2.05, 4.69) is 81.4 Å². The van der Waals surface area contributed by atoms with Gasteiger partial charge in [0.15, 0.2) is 0 Å². The van der Waals surface area contributed by atoms with Gasteiger partial charge in [-0.1, -0.05) is 168 Å². The minimum atomic E-state index is -3.92. The van der Waals surface area contributed by atoms with Crippen molar-refractivity contribution in [3.05, 3.63) is 167 Å². The molecule has 6 aromatic carbocycles. The normalized spacial score (nSPS) is 16.8. The van der Waals surface area contributed by atoms with Crippen LogP contribution in [0.4, 0.5) is 0 Å². The smallest absolute Gasteiger partial charge is 0.149 e. The van der Waals surface area contributed by atoms with Crippen molar-refractivity contribution in [2.45, 2.75) is 118 Å². The number of nitrogens with zero attached hydrogens (tertiary/aromatic N) is 3. The number of para-hydroxylation sites is 1. The number of pyridine rings is 1. The van der Waals surface area contributed by atoms with Gasteiger partial charge in [-0.05, 0) is 134 Å². The lowest BCUT2D eigenvalue weighted by Crippen LogP contribution is -2.16. The van der Waals surface area contributed by atoms with Gasteiger partial charge in [-0.3, -0.25) is 9.55 Å². The molecule has 0 radical (unpaired) electrons. The van der Waals surface area contributed by atoms with Crippen LogP contribution in [0.5, 0.6) is 5.75 Å². The second kappa shape index (κ2) is 16.4. The molecule has 64 heavy (non-hydrogen) atoms. The topological polar surface area (TPSA) is 50.9 Å². The third kappa shape index (κ3) is 8.55. The van der Waals surface area contributed by atoms with Crippen molar-refractivity contribution in [3.63, 3.8) is 0 Å². The second-order valence-corrected chi connectivity index (χ2v) is 19.5. The van der Waals surface area contributed by atoms with E-state index in [1.807, 2.05) is 82.3 Å². The van der Waals surface area contributed by atoms with Crippen molar-refractivity contribution >= 4 is 11.0 Å². The third-order valence-electron chi connectivity index (χ3n) is 12.3. The summed E-state index contributed by atoms with van der Waals surface area (Å²) < 4.78 is 141. The molecule has 1 N–H and O–H groups in total. The number of aryl methyl sites for hydroxylation is 1. The van der Waals surface area contributed by atoms with E-state index < -0.39 is 90.5 Å². The maximum Gasteiger partial charge on any atom is 0.149 e. The molecule has 0 unspecified atom stereocenters. The summed E-state index contributed by atoms with van der Waals surface area (Å²) in [7, 11) is 0. The van der Waals surface area contributed by atoms with Crippen LogP contribution in [-0.2, 0) is 21.7 Å². The first-order chi connectivity index (χ1) is 36.8. The number of aromatic nitrogens is 3. The Morgan fingerprint density at radius 1 is 0.594 bits per heavy atom. The van der Waals surface area contributed by atoms with E-state index in [1.54, 1.807) is 12.1 Å². The molecule has 326 valence electrons.